The molecule has 0 aromatic heterocycles. The lowest BCUT2D eigenvalue weighted by molar-refractivity contribution is -0.143. The lowest BCUT2D eigenvalue weighted by atomic mass is 10.0. The fraction of sp³-hybridized carbons (Fsp3) is 0.906. The second-order valence-electron chi connectivity index (χ2n) is 21.7. The summed E-state index contributed by atoms with van der Waals surface area (Å²) in [6.07, 6.45) is 73.8. The van der Waals surface area contributed by atoms with Crippen molar-refractivity contribution in [3.8, 4) is 0 Å². The predicted octanol–water partition coefficient (Wildman–Crippen LogP) is 19.8. The van der Waals surface area contributed by atoms with Gasteiger partial charge in [-0.3, -0.25) is 9.59 Å². The smallest absolute Gasteiger partial charge is 0.305 e. The van der Waals surface area contributed by atoms with Crippen LogP contribution in [-0.2, 0) is 14.3 Å². The van der Waals surface area contributed by atoms with E-state index >= 15 is 0 Å². The summed E-state index contributed by atoms with van der Waals surface area (Å²) in [6, 6.07) is -0.624. The van der Waals surface area contributed by atoms with Gasteiger partial charge in [-0.05, 0) is 57.8 Å². The zero-order chi connectivity index (χ0) is 50.7. The molecule has 0 aliphatic carbocycles. The molecule has 2 unspecified atom stereocenters. The number of ether oxygens (including phenoxy) is 1. The van der Waals surface area contributed by atoms with Gasteiger partial charge in [-0.15, -0.1) is 0 Å². The number of unbranched alkanes of at least 4 members (excludes halogenated alkanes) is 46. The molecule has 0 aliphatic heterocycles. The van der Waals surface area contributed by atoms with Crippen molar-refractivity contribution in [1.82, 2.24) is 5.32 Å². The summed E-state index contributed by atoms with van der Waals surface area (Å²) in [5.41, 5.74) is 0. The van der Waals surface area contributed by atoms with Crippen LogP contribution in [0, 0.1) is 0 Å². The molecule has 2 atom stereocenters. The molecule has 0 fully saturated rings. The molecular formula is C64H123NO5. The molecule has 0 bridgehead atoms. The molecule has 0 saturated heterocycles. The van der Waals surface area contributed by atoms with Gasteiger partial charge in [-0.1, -0.05) is 301 Å². The minimum Gasteiger partial charge on any atom is -0.466 e. The third kappa shape index (κ3) is 55.7. The summed E-state index contributed by atoms with van der Waals surface area (Å²) in [4.78, 5) is 24.5. The van der Waals surface area contributed by atoms with Crippen LogP contribution in [0.5, 0.6) is 0 Å². The molecule has 6 nitrogen and oxygen atoms in total. The molecule has 0 radical (unpaired) electrons. The number of rotatable bonds is 59. The van der Waals surface area contributed by atoms with Crippen LogP contribution in [0.25, 0.3) is 0 Å². The van der Waals surface area contributed by atoms with E-state index in [2.05, 4.69) is 31.3 Å². The van der Waals surface area contributed by atoms with Gasteiger partial charge < -0.3 is 20.3 Å². The van der Waals surface area contributed by atoms with Gasteiger partial charge in [-0.2, -0.15) is 0 Å². The quantitative estimate of drug-likeness (QED) is 0.0321. The predicted molar refractivity (Wildman–Crippen MR) is 306 cm³/mol. The van der Waals surface area contributed by atoms with Gasteiger partial charge in [-0.25, -0.2) is 0 Å². The summed E-state index contributed by atoms with van der Waals surface area (Å²) in [5.74, 6) is -0.0522. The third-order valence-electron chi connectivity index (χ3n) is 14.7. The number of amides is 1. The fourth-order valence-corrected chi connectivity index (χ4v) is 9.87. The fourth-order valence-electron chi connectivity index (χ4n) is 9.87. The van der Waals surface area contributed by atoms with Crippen LogP contribution in [0.15, 0.2) is 24.3 Å². The monoisotopic (exact) mass is 986 g/mol. The van der Waals surface area contributed by atoms with E-state index in [1.807, 2.05) is 6.08 Å². The Morgan fingerprint density at radius 1 is 0.386 bits per heavy atom. The van der Waals surface area contributed by atoms with Crippen molar-refractivity contribution >= 4 is 11.9 Å². The van der Waals surface area contributed by atoms with E-state index in [0.717, 1.165) is 38.5 Å². The van der Waals surface area contributed by atoms with E-state index in [-0.39, 0.29) is 18.5 Å². The average molecular weight is 987 g/mol. The molecule has 0 aromatic rings. The highest BCUT2D eigenvalue weighted by Gasteiger charge is 2.18. The van der Waals surface area contributed by atoms with E-state index in [1.165, 1.54) is 283 Å². The Kier molecular flexibility index (Phi) is 58.5. The second-order valence-corrected chi connectivity index (χ2v) is 21.7. The molecule has 0 heterocycles. The maximum absolute atomic E-state index is 12.4. The summed E-state index contributed by atoms with van der Waals surface area (Å²) in [6.45, 7) is 4.89. The minimum atomic E-state index is -0.840. The van der Waals surface area contributed by atoms with Crippen molar-refractivity contribution in [3.63, 3.8) is 0 Å². The summed E-state index contributed by atoms with van der Waals surface area (Å²) >= 11 is 0. The Balaban J connectivity index is 3.32. The number of nitrogens with one attached hydrogen (secondary N) is 1. The molecule has 6 heteroatoms. The standard InChI is InChI=1S/C64H123NO5/c1-3-5-7-9-11-13-14-15-16-17-25-29-32-35-38-42-46-50-54-58-64(69)70-59-55-51-47-43-39-36-33-30-27-24-22-20-18-19-21-23-26-28-31-34-37-41-45-49-53-57-63(68)65-61(60-66)62(67)56-52-48-44-40-12-10-8-6-4-2/h15-16,52,56,61-62,66-67H,3-14,17-51,53-55,57-60H2,1-2H3,(H,65,68)/b16-15-,56-52+. The SMILES string of the molecule is CCCCCCCC/C=C\CCCCCCCCCCCC(=O)OCCCCCCCCCCCCCCCCCCCCCCCCCCCC(=O)NC(CO)C(O)/C=C/CCCCCCCCC. The zero-order valence-electron chi connectivity index (χ0n) is 47.3. The van der Waals surface area contributed by atoms with Gasteiger partial charge in [0.1, 0.15) is 0 Å². The van der Waals surface area contributed by atoms with Gasteiger partial charge in [0.25, 0.3) is 0 Å². The molecule has 0 rings (SSSR count). The Morgan fingerprint density at radius 2 is 0.671 bits per heavy atom. The summed E-state index contributed by atoms with van der Waals surface area (Å²) < 4.78 is 5.50. The highest BCUT2D eigenvalue weighted by molar-refractivity contribution is 5.76. The van der Waals surface area contributed by atoms with E-state index in [0.29, 0.717) is 19.4 Å². The Morgan fingerprint density at radius 3 is 1.01 bits per heavy atom. The van der Waals surface area contributed by atoms with Gasteiger partial charge in [0.15, 0.2) is 0 Å². The van der Waals surface area contributed by atoms with Crippen molar-refractivity contribution in [2.45, 2.75) is 360 Å². The molecule has 0 saturated carbocycles. The van der Waals surface area contributed by atoms with Gasteiger partial charge in [0.2, 0.25) is 5.91 Å². The van der Waals surface area contributed by atoms with E-state index in [9.17, 15) is 19.8 Å². The van der Waals surface area contributed by atoms with E-state index < -0.39 is 12.1 Å². The van der Waals surface area contributed by atoms with E-state index in [4.69, 9.17) is 4.74 Å². The van der Waals surface area contributed by atoms with Crippen LogP contribution >= 0.6 is 0 Å². The molecule has 0 aromatic carbocycles. The molecule has 0 spiro atoms. The van der Waals surface area contributed by atoms with Crippen molar-refractivity contribution in [3.05, 3.63) is 24.3 Å². The van der Waals surface area contributed by atoms with Crippen LogP contribution in [0.1, 0.15) is 348 Å². The largest absolute Gasteiger partial charge is 0.466 e. The second kappa shape index (κ2) is 59.9. The first-order chi connectivity index (χ1) is 34.5. The number of esters is 1. The summed E-state index contributed by atoms with van der Waals surface area (Å²) in [7, 11) is 0. The molecule has 70 heavy (non-hydrogen) atoms. The average Bonchev–Trinajstić information content (AvgIpc) is 3.36. The maximum atomic E-state index is 12.4. The molecular weight excluding hydrogens is 863 g/mol. The first-order valence-electron chi connectivity index (χ1n) is 31.6. The number of carbonyl (C=O) groups excluding carboxylic acids is 2. The van der Waals surface area contributed by atoms with Crippen LogP contribution in [0.2, 0.25) is 0 Å². The van der Waals surface area contributed by atoms with Gasteiger partial charge in [0.05, 0.1) is 25.4 Å². The van der Waals surface area contributed by atoms with Crippen molar-refractivity contribution in [1.29, 1.82) is 0 Å². The topological polar surface area (TPSA) is 95.9 Å². The number of allylic oxidation sites excluding steroid dienone is 3. The zero-order valence-corrected chi connectivity index (χ0v) is 47.3. The van der Waals surface area contributed by atoms with E-state index in [1.54, 1.807) is 6.08 Å². The number of carbonyl (C=O) groups is 2. The Labute approximate surface area is 437 Å². The third-order valence-corrected chi connectivity index (χ3v) is 14.7. The lowest BCUT2D eigenvalue weighted by Crippen LogP contribution is -2.45. The molecule has 0 aliphatic rings. The van der Waals surface area contributed by atoms with Crippen LogP contribution in [-0.4, -0.2) is 47.4 Å². The number of aliphatic hydroxyl groups is 2. The number of aliphatic hydroxyl groups excluding tert-OH is 2. The summed E-state index contributed by atoms with van der Waals surface area (Å²) in [5, 5.41) is 22.9. The highest BCUT2D eigenvalue weighted by Crippen LogP contribution is 2.18. The molecule has 414 valence electrons. The first-order valence-corrected chi connectivity index (χ1v) is 31.6. The Bertz CT molecular complexity index is 1090. The van der Waals surface area contributed by atoms with Crippen molar-refractivity contribution in [2.24, 2.45) is 0 Å². The van der Waals surface area contributed by atoms with Crippen LogP contribution in [0.4, 0.5) is 0 Å². The van der Waals surface area contributed by atoms with Crippen LogP contribution in [0.3, 0.4) is 0 Å². The molecule has 3 N–H and O–H groups in total. The lowest BCUT2D eigenvalue weighted by Gasteiger charge is -2.20. The van der Waals surface area contributed by atoms with Crippen molar-refractivity contribution in [2.75, 3.05) is 13.2 Å². The van der Waals surface area contributed by atoms with Crippen molar-refractivity contribution < 1.29 is 24.5 Å². The minimum absolute atomic E-state index is 0.0157. The first kappa shape index (κ1) is 68.3. The number of hydrogen-bond donors (Lipinski definition) is 3. The molecule has 1 amide bonds. The maximum Gasteiger partial charge on any atom is 0.305 e. The number of hydrogen-bond acceptors (Lipinski definition) is 5. The van der Waals surface area contributed by atoms with Gasteiger partial charge >= 0.3 is 5.97 Å². The Hall–Kier alpha value is -1.66. The normalized spacial score (nSPS) is 12.7. The highest BCUT2D eigenvalue weighted by atomic mass is 16.5. The van der Waals surface area contributed by atoms with Gasteiger partial charge in [0, 0.05) is 12.8 Å². The van der Waals surface area contributed by atoms with Crippen LogP contribution < -0.4 is 5.32 Å².